The van der Waals surface area contributed by atoms with E-state index in [1.165, 1.54) is 11.8 Å². The van der Waals surface area contributed by atoms with Crippen molar-refractivity contribution in [3.05, 3.63) is 149 Å². The number of benzene rings is 5. The molecule has 0 saturated carbocycles. The third-order valence-electron chi connectivity index (χ3n) is 7.72. The number of aromatic nitrogens is 2. The van der Waals surface area contributed by atoms with Crippen molar-refractivity contribution < 1.29 is 15.2 Å². The number of carbonyl (C=O) groups excluding carboxylic acids is 1. The minimum atomic E-state index is -0.982. The lowest BCUT2D eigenvalue weighted by Crippen LogP contribution is -2.99. The third-order valence-corrected chi connectivity index (χ3v) is 8.94. The molecule has 9 heteroatoms. The van der Waals surface area contributed by atoms with Crippen LogP contribution in [0, 0.1) is 5.21 Å². The molecule has 0 aliphatic carbocycles. The smallest absolute Gasteiger partial charge is 0.266 e. The fourth-order valence-electron chi connectivity index (χ4n) is 5.51. The summed E-state index contributed by atoms with van der Waals surface area (Å²) in [6.07, 6.45) is 0. The quantitative estimate of drug-likeness (QED) is 0.232. The van der Waals surface area contributed by atoms with E-state index < -0.39 is 5.23 Å². The molecule has 1 aromatic heterocycles. The Bertz CT molecular complexity index is 2030. The van der Waals surface area contributed by atoms with Crippen molar-refractivity contribution in [2.24, 2.45) is 0 Å². The summed E-state index contributed by atoms with van der Waals surface area (Å²) in [7, 11) is 0. The summed E-state index contributed by atoms with van der Waals surface area (Å²) in [6, 6.07) is 39.3. The number of hydrogen-bond donors (Lipinski definition) is 2. The van der Waals surface area contributed by atoms with Gasteiger partial charge in [-0.1, -0.05) is 78.9 Å². The number of thioether (sulfide) groups is 1. The van der Waals surface area contributed by atoms with Gasteiger partial charge >= 0.3 is 0 Å². The molecular formula is C35H26N4O4S. The second-order valence-electron chi connectivity index (χ2n) is 10.4. The maximum absolute atomic E-state index is 13.7. The minimum Gasteiger partial charge on any atom is -0.595 e. The maximum atomic E-state index is 13.7. The lowest BCUT2D eigenvalue weighted by Gasteiger charge is -2.25. The molecule has 8 nitrogen and oxygen atoms in total. The predicted molar refractivity (Wildman–Crippen MR) is 173 cm³/mol. The highest BCUT2D eigenvalue weighted by atomic mass is 32.2. The molecule has 2 unspecified atom stereocenters. The van der Waals surface area contributed by atoms with Gasteiger partial charge in [0.05, 0.1) is 22.3 Å². The Morgan fingerprint density at radius 3 is 2.00 bits per heavy atom. The molecular weight excluding hydrogens is 572 g/mol. The molecule has 7 rings (SSSR count). The number of anilines is 1. The van der Waals surface area contributed by atoms with Gasteiger partial charge in [-0.05, 0) is 53.1 Å². The van der Waals surface area contributed by atoms with E-state index in [0.717, 1.165) is 27.9 Å². The molecule has 216 valence electrons. The largest absolute Gasteiger partial charge is 0.595 e. The number of carbonyl (C=O) groups is 1. The van der Waals surface area contributed by atoms with Crippen LogP contribution in [0.2, 0.25) is 0 Å². The van der Waals surface area contributed by atoms with Crippen LogP contribution in [-0.4, -0.2) is 26.4 Å². The number of fused-ring (bicyclic) bond motifs is 1. The number of nitrogens with one attached hydrogen (secondary N) is 1. The first kappa shape index (κ1) is 27.8. The van der Waals surface area contributed by atoms with Gasteiger partial charge in [0.2, 0.25) is 5.91 Å². The van der Waals surface area contributed by atoms with Crippen LogP contribution in [0.15, 0.2) is 132 Å². The van der Waals surface area contributed by atoms with Gasteiger partial charge in [0.1, 0.15) is 11.2 Å². The molecule has 5 aromatic carbocycles. The summed E-state index contributed by atoms with van der Waals surface area (Å²) < 4.78 is 1.66. The average molecular weight is 599 g/mol. The number of nitrogens with zero attached hydrogens (tertiary/aromatic N) is 3. The number of para-hydroxylation sites is 1. The predicted octanol–water partition coefficient (Wildman–Crippen LogP) is 5.90. The first-order valence-corrected chi connectivity index (χ1v) is 15.1. The fraction of sp³-hybridized carbons (Fsp3) is 0.0571. The Hall–Kier alpha value is -5.06. The van der Waals surface area contributed by atoms with Crippen molar-refractivity contribution in [1.82, 2.24) is 9.55 Å². The van der Waals surface area contributed by atoms with Gasteiger partial charge in [-0.15, -0.1) is 11.8 Å². The molecule has 1 saturated heterocycles. The van der Waals surface area contributed by atoms with Crippen LogP contribution in [0.25, 0.3) is 39.1 Å². The summed E-state index contributed by atoms with van der Waals surface area (Å²) >= 11 is 1.52. The van der Waals surface area contributed by atoms with E-state index in [-0.39, 0.29) is 22.5 Å². The highest BCUT2D eigenvalue weighted by molar-refractivity contribution is 8.00. The Kier molecular flexibility index (Phi) is 7.29. The molecule has 6 aromatic rings. The minimum absolute atomic E-state index is 0.00284. The van der Waals surface area contributed by atoms with E-state index in [4.69, 9.17) is 4.98 Å². The summed E-state index contributed by atoms with van der Waals surface area (Å²) in [4.78, 5) is 33.2. The van der Waals surface area contributed by atoms with Crippen LogP contribution in [0.5, 0.6) is 0 Å². The molecule has 1 aliphatic rings. The van der Waals surface area contributed by atoms with Gasteiger partial charge in [-0.2, -0.15) is 5.23 Å². The Morgan fingerprint density at radius 1 is 0.727 bits per heavy atom. The Morgan fingerprint density at radius 2 is 1.34 bits per heavy atom. The number of hydrogen-bond acceptors (Lipinski definition) is 6. The van der Waals surface area contributed by atoms with Gasteiger partial charge in [0.15, 0.2) is 5.69 Å². The molecule has 2 atom stereocenters. The van der Waals surface area contributed by atoms with Gasteiger partial charge < -0.3 is 5.21 Å². The lowest BCUT2D eigenvalue weighted by molar-refractivity contribution is -0.991. The van der Waals surface area contributed by atoms with Crippen LogP contribution in [0.4, 0.5) is 11.4 Å². The van der Waals surface area contributed by atoms with Gasteiger partial charge in [0, 0.05) is 23.4 Å². The molecule has 44 heavy (non-hydrogen) atoms. The highest BCUT2D eigenvalue weighted by Gasteiger charge is 2.34. The molecule has 2 heterocycles. The second-order valence-corrected chi connectivity index (χ2v) is 11.5. The SMILES string of the molecule is O=C1CSC(c2ccc([NH+]([O-])O)cc2)N1c1ccc(-c2ccc(-n3c(-c4ccccc4)nc4ccccc4c3=O)cc2)cc1. The second kappa shape index (κ2) is 11.6. The van der Waals surface area contributed by atoms with Crippen molar-refractivity contribution in [2.45, 2.75) is 5.37 Å². The van der Waals surface area contributed by atoms with Crippen LogP contribution in [0.3, 0.4) is 0 Å². The maximum Gasteiger partial charge on any atom is 0.266 e. The zero-order chi connectivity index (χ0) is 30.2. The van der Waals surface area contributed by atoms with Crippen LogP contribution >= 0.6 is 11.8 Å². The van der Waals surface area contributed by atoms with Crippen molar-refractivity contribution in [3.8, 4) is 28.2 Å². The molecule has 1 aliphatic heterocycles. The first-order chi connectivity index (χ1) is 21.5. The van der Waals surface area contributed by atoms with Crippen molar-refractivity contribution in [2.75, 3.05) is 10.7 Å². The van der Waals surface area contributed by atoms with E-state index in [1.807, 2.05) is 97.1 Å². The molecule has 2 N–H and O–H groups in total. The van der Waals surface area contributed by atoms with E-state index >= 15 is 0 Å². The van der Waals surface area contributed by atoms with Gasteiger partial charge in [-0.3, -0.25) is 19.1 Å². The van der Waals surface area contributed by atoms with E-state index in [9.17, 15) is 20.0 Å². The summed E-state index contributed by atoms with van der Waals surface area (Å²) in [6.45, 7) is 0. The Balaban J connectivity index is 1.19. The topological polar surface area (TPSA) is 103 Å². The van der Waals surface area contributed by atoms with Crippen LogP contribution in [0.1, 0.15) is 10.9 Å². The standard InChI is InChI=1S/C35H26N4O4S/c40-32-22-44-35(26-14-20-29(21-15-26)39(42)43)37(32)27-16-10-23(11-17-27)24-12-18-28(19-13-24)38-33(25-6-2-1-3-7-25)36-31-9-5-4-8-30(31)34(38)41/h1-21,35,39,42H,22H2. The highest BCUT2D eigenvalue weighted by Crippen LogP contribution is 2.42. The van der Waals surface area contributed by atoms with E-state index in [2.05, 4.69) is 0 Å². The molecule has 0 bridgehead atoms. The fourth-order valence-corrected chi connectivity index (χ4v) is 6.69. The van der Waals surface area contributed by atoms with Crippen LogP contribution in [-0.2, 0) is 4.79 Å². The summed E-state index contributed by atoms with van der Waals surface area (Å²) in [5, 5.41) is 19.8. The van der Waals surface area contributed by atoms with Crippen LogP contribution < -0.4 is 15.7 Å². The van der Waals surface area contributed by atoms with Crippen molar-refractivity contribution in [3.63, 3.8) is 0 Å². The molecule has 1 fully saturated rings. The summed E-state index contributed by atoms with van der Waals surface area (Å²) in [5.41, 5.74) is 5.87. The number of quaternary nitrogens is 1. The number of rotatable bonds is 6. The zero-order valence-electron chi connectivity index (χ0n) is 23.3. The normalized spacial score (nSPS) is 15.5. The summed E-state index contributed by atoms with van der Waals surface area (Å²) in [5.74, 6) is 0.928. The molecule has 0 radical (unpaired) electrons. The third kappa shape index (κ3) is 5.08. The van der Waals surface area contributed by atoms with Crippen molar-refractivity contribution >= 4 is 39.9 Å². The zero-order valence-corrected chi connectivity index (χ0v) is 24.1. The average Bonchev–Trinajstić information content (AvgIpc) is 3.46. The monoisotopic (exact) mass is 598 g/mol. The van der Waals surface area contributed by atoms with E-state index in [1.54, 1.807) is 39.8 Å². The molecule has 1 amide bonds. The van der Waals surface area contributed by atoms with Gasteiger partial charge in [-0.25, -0.2) is 10.2 Å². The Labute approximate surface area is 257 Å². The lowest BCUT2D eigenvalue weighted by atomic mass is 10.0. The van der Waals surface area contributed by atoms with Gasteiger partial charge in [0.25, 0.3) is 5.56 Å². The van der Waals surface area contributed by atoms with Crippen molar-refractivity contribution in [1.29, 1.82) is 0 Å². The number of amides is 1. The first-order valence-electron chi connectivity index (χ1n) is 14.0. The molecule has 0 spiro atoms. The van der Waals surface area contributed by atoms with E-state index in [0.29, 0.717) is 28.2 Å².